The Balaban J connectivity index is 1.46. The molecule has 30 heavy (non-hydrogen) atoms. The van der Waals surface area contributed by atoms with Gasteiger partial charge in [-0.1, -0.05) is 48.5 Å². The molecule has 0 saturated carbocycles. The lowest BCUT2D eigenvalue weighted by atomic mass is 9.99. The number of rotatable bonds is 7. The van der Waals surface area contributed by atoms with E-state index in [9.17, 15) is 4.79 Å². The molecule has 0 radical (unpaired) electrons. The largest absolute Gasteiger partial charge is 0.497 e. The Labute approximate surface area is 180 Å². The van der Waals surface area contributed by atoms with Crippen LogP contribution in [0.3, 0.4) is 0 Å². The van der Waals surface area contributed by atoms with Crippen molar-refractivity contribution in [3.63, 3.8) is 0 Å². The molecule has 0 aliphatic carbocycles. The molecule has 0 unspecified atom stereocenters. The van der Waals surface area contributed by atoms with Crippen molar-refractivity contribution in [3.8, 4) is 17.0 Å². The summed E-state index contributed by atoms with van der Waals surface area (Å²) in [6, 6.07) is 25.8. The molecule has 0 aliphatic heterocycles. The van der Waals surface area contributed by atoms with E-state index < -0.39 is 0 Å². The molecular weight excluding hydrogens is 392 g/mol. The summed E-state index contributed by atoms with van der Waals surface area (Å²) in [7, 11) is 1.64. The smallest absolute Gasteiger partial charge is 0.257 e. The summed E-state index contributed by atoms with van der Waals surface area (Å²) in [5.41, 5.74) is 4.79. The van der Waals surface area contributed by atoms with Gasteiger partial charge in [0.15, 0.2) is 5.13 Å². The van der Waals surface area contributed by atoms with Gasteiger partial charge in [-0.2, -0.15) is 0 Å². The third-order valence-corrected chi connectivity index (χ3v) is 5.66. The summed E-state index contributed by atoms with van der Waals surface area (Å²) >= 11 is 1.42. The molecule has 1 amide bonds. The zero-order valence-electron chi connectivity index (χ0n) is 16.7. The van der Waals surface area contributed by atoms with Crippen LogP contribution in [0.4, 0.5) is 5.13 Å². The fourth-order valence-electron chi connectivity index (χ4n) is 3.27. The highest BCUT2D eigenvalue weighted by Gasteiger charge is 2.13. The van der Waals surface area contributed by atoms with Crippen LogP contribution in [-0.2, 0) is 12.8 Å². The van der Waals surface area contributed by atoms with Crippen molar-refractivity contribution in [1.82, 2.24) is 4.98 Å². The molecule has 0 fully saturated rings. The van der Waals surface area contributed by atoms with Crippen molar-refractivity contribution >= 4 is 22.4 Å². The van der Waals surface area contributed by atoms with Gasteiger partial charge in [-0.15, -0.1) is 11.3 Å². The number of aryl methyl sites for hydroxylation is 2. The molecule has 4 nitrogen and oxygen atoms in total. The van der Waals surface area contributed by atoms with E-state index in [1.807, 2.05) is 72.1 Å². The van der Waals surface area contributed by atoms with Crippen LogP contribution in [0, 0.1) is 0 Å². The van der Waals surface area contributed by atoms with Gasteiger partial charge in [-0.05, 0) is 54.3 Å². The predicted molar refractivity (Wildman–Crippen MR) is 122 cm³/mol. The van der Waals surface area contributed by atoms with E-state index in [0.717, 1.165) is 35.4 Å². The molecule has 5 heteroatoms. The van der Waals surface area contributed by atoms with Gasteiger partial charge < -0.3 is 4.74 Å². The normalized spacial score (nSPS) is 10.6. The van der Waals surface area contributed by atoms with Gasteiger partial charge in [0.25, 0.3) is 5.91 Å². The maximum atomic E-state index is 12.9. The van der Waals surface area contributed by atoms with Gasteiger partial charge in [0.1, 0.15) is 5.75 Å². The molecule has 1 aromatic heterocycles. The van der Waals surface area contributed by atoms with E-state index in [0.29, 0.717) is 10.7 Å². The minimum Gasteiger partial charge on any atom is -0.497 e. The number of anilines is 1. The monoisotopic (exact) mass is 414 g/mol. The Bertz CT molecular complexity index is 1120. The average Bonchev–Trinajstić information content (AvgIpc) is 3.27. The molecule has 150 valence electrons. The first-order chi connectivity index (χ1) is 14.7. The molecule has 0 atom stereocenters. The second-order valence-corrected chi connectivity index (χ2v) is 7.72. The molecular formula is C25H22N2O2S. The van der Waals surface area contributed by atoms with Gasteiger partial charge in [0.2, 0.25) is 0 Å². The number of hydrogen-bond acceptors (Lipinski definition) is 4. The van der Waals surface area contributed by atoms with E-state index in [1.54, 1.807) is 7.11 Å². The van der Waals surface area contributed by atoms with Crippen molar-refractivity contribution in [2.75, 3.05) is 12.4 Å². The van der Waals surface area contributed by atoms with Crippen LogP contribution in [0.1, 0.15) is 21.5 Å². The maximum Gasteiger partial charge on any atom is 0.257 e. The van der Waals surface area contributed by atoms with E-state index in [-0.39, 0.29) is 5.91 Å². The SMILES string of the molecule is COc1ccc(-c2csc(NC(=O)c3ccccc3CCc3ccccc3)n2)cc1. The number of carbonyl (C=O) groups excluding carboxylic acids is 1. The summed E-state index contributed by atoms with van der Waals surface area (Å²) in [6.45, 7) is 0. The van der Waals surface area contributed by atoms with Gasteiger partial charge >= 0.3 is 0 Å². The molecule has 3 aromatic carbocycles. The van der Waals surface area contributed by atoms with Crippen LogP contribution in [0.5, 0.6) is 5.75 Å². The van der Waals surface area contributed by atoms with Crippen molar-refractivity contribution < 1.29 is 9.53 Å². The molecule has 0 spiro atoms. The lowest BCUT2D eigenvalue weighted by Gasteiger charge is -2.09. The summed E-state index contributed by atoms with van der Waals surface area (Å²) in [4.78, 5) is 17.5. The highest BCUT2D eigenvalue weighted by Crippen LogP contribution is 2.27. The quantitative estimate of drug-likeness (QED) is 0.412. The van der Waals surface area contributed by atoms with Crippen LogP contribution in [0.15, 0.2) is 84.2 Å². The zero-order chi connectivity index (χ0) is 20.8. The van der Waals surface area contributed by atoms with Crippen LogP contribution in [0.2, 0.25) is 0 Å². The molecule has 0 aliphatic rings. The lowest BCUT2D eigenvalue weighted by Crippen LogP contribution is -2.14. The molecule has 0 bridgehead atoms. The van der Waals surface area contributed by atoms with E-state index >= 15 is 0 Å². The van der Waals surface area contributed by atoms with Crippen molar-refractivity contribution in [3.05, 3.63) is 101 Å². The van der Waals surface area contributed by atoms with Crippen molar-refractivity contribution in [2.45, 2.75) is 12.8 Å². The number of aromatic nitrogens is 1. The summed E-state index contributed by atoms with van der Waals surface area (Å²) in [6.07, 6.45) is 1.70. The number of amides is 1. The summed E-state index contributed by atoms with van der Waals surface area (Å²) < 4.78 is 5.20. The Kier molecular flexibility index (Phi) is 6.20. The number of carbonyl (C=O) groups is 1. The third kappa shape index (κ3) is 4.75. The minimum absolute atomic E-state index is 0.130. The highest BCUT2D eigenvalue weighted by atomic mass is 32.1. The molecule has 0 saturated heterocycles. The number of thiazole rings is 1. The van der Waals surface area contributed by atoms with Crippen molar-refractivity contribution in [2.24, 2.45) is 0 Å². The molecule has 4 rings (SSSR count). The first kappa shape index (κ1) is 19.9. The van der Waals surface area contributed by atoms with E-state index in [4.69, 9.17) is 4.74 Å². The zero-order valence-corrected chi connectivity index (χ0v) is 17.5. The number of hydrogen-bond donors (Lipinski definition) is 1. The molecule has 1 N–H and O–H groups in total. The molecule has 4 aromatic rings. The Morgan fingerprint density at radius 3 is 2.43 bits per heavy atom. The van der Waals surface area contributed by atoms with Crippen molar-refractivity contribution in [1.29, 1.82) is 0 Å². The maximum absolute atomic E-state index is 12.9. The average molecular weight is 415 g/mol. The number of ether oxygens (including phenoxy) is 1. The fourth-order valence-corrected chi connectivity index (χ4v) is 3.99. The van der Waals surface area contributed by atoms with E-state index in [2.05, 4.69) is 22.4 Å². The van der Waals surface area contributed by atoms with Crippen LogP contribution in [-0.4, -0.2) is 18.0 Å². The second-order valence-electron chi connectivity index (χ2n) is 6.86. The Hall–Kier alpha value is -3.44. The molecule has 1 heterocycles. The van der Waals surface area contributed by atoms with Gasteiger partial charge in [-0.3, -0.25) is 10.1 Å². The fraction of sp³-hybridized carbons (Fsp3) is 0.120. The van der Waals surface area contributed by atoms with Gasteiger partial charge in [-0.25, -0.2) is 4.98 Å². The Morgan fingerprint density at radius 2 is 1.67 bits per heavy atom. The number of benzene rings is 3. The summed E-state index contributed by atoms with van der Waals surface area (Å²) in [5, 5.41) is 5.48. The van der Waals surface area contributed by atoms with E-state index in [1.165, 1.54) is 16.9 Å². The van der Waals surface area contributed by atoms with Crippen LogP contribution < -0.4 is 10.1 Å². The number of nitrogens with zero attached hydrogens (tertiary/aromatic N) is 1. The summed E-state index contributed by atoms with van der Waals surface area (Å²) in [5.74, 6) is 0.670. The number of methoxy groups -OCH3 is 1. The third-order valence-electron chi connectivity index (χ3n) is 4.90. The number of nitrogens with one attached hydrogen (secondary N) is 1. The Morgan fingerprint density at radius 1 is 0.933 bits per heavy atom. The predicted octanol–water partition coefficient (Wildman–Crippen LogP) is 5.86. The van der Waals surface area contributed by atoms with Crippen LogP contribution >= 0.6 is 11.3 Å². The van der Waals surface area contributed by atoms with Crippen LogP contribution in [0.25, 0.3) is 11.3 Å². The minimum atomic E-state index is -0.130. The highest BCUT2D eigenvalue weighted by molar-refractivity contribution is 7.14. The first-order valence-corrected chi connectivity index (χ1v) is 10.6. The standard InChI is InChI=1S/C25H22N2O2S/c1-29-21-15-13-20(14-16-21)23-17-30-25(26-23)27-24(28)22-10-6-5-9-19(22)12-11-18-7-3-2-4-8-18/h2-10,13-17H,11-12H2,1H3,(H,26,27,28). The van der Waals surface area contributed by atoms with Gasteiger partial charge in [0.05, 0.1) is 12.8 Å². The topological polar surface area (TPSA) is 51.2 Å². The van der Waals surface area contributed by atoms with Gasteiger partial charge in [0, 0.05) is 16.5 Å². The first-order valence-electron chi connectivity index (χ1n) is 9.76. The second kappa shape index (κ2) is 9.37. The lowest BCUT2D eigenvalue weighted by molar-refractivity contribution is 0.102.